The molecule has 0 fully saturated rings. The summed E-state index contributed by atoms with van der Waals surface area (Å²) in [6.45, 7) is 3.58. The Hall–Kier alpha value is -1.29. The van der Waals surface area contributed by atoms with Gasteiger partial charge in [-0.1, -0.05) is 13.8 Å². The zero-order valence-electron chi connectivity index (χ0n) is 8.28. The minimum atomic E-state index is -1.17. The molecule has 0 spiro atoms. The van der Waals surface area contributed by atoms with E-state index in [4.69, 9.17) is 9.52 Å². The molecular weight excluding hydrogens is 184 g/mol. The first-order valence-electron chi connectivity index (χ1n) is 4.58. The first-order valence-corrected chi connectivity index (χ1v) is 4.58. The Balaban J connectivity index is 3.17. The molecule has 0 aliphatic carbocycles. The summed E-state index contributed by atoms with van der Waals surface area (Å²) in [5.74, 6) is -0.927. The summed E-state index contributed by atoms with van der Waals surface area (Å²) >= 11 is 0. The van der Waals surface area contributed by atoms with Gasteiger partial charge in [-0.3, -0.25) is 0 Å². The Labute approximate surface area is 82.2 Å². The molecule has 1 heterocycles. The third kappa shape index (κ3) is 1.65. The third-order valence-corrected chi connectivity index (χ3v) is 2.49. The molecule has 78 valence electrons. The molecule has 4 nitrogen and oxygen atoms in total. The van der Waals surface area contributed by atoms with Crippen LogP contribution in [0.3, 0.4) is 0 Å². The van der Waals surface area contributed by atoms with Crippen molar-refractivity contribution >= 4 is 5.97 Å². The molecule has 4 heteroatoms. The summed E-state index contributed by atoms with van der Waals surface area (Å²) in [6.07, 6.45) is 2.14. The molecule has 0 aromatic carbocycles. The van der Waals surface area contributed by atoms with Crippen molar-refractivity contribution < 1.29 is 19.4 Å². The van der Waals surface area contributed by atoms with Gasteiger partial charge >= 0.3 is 5.97 Å². The van der Waals surface area contributed by atoms with Crippen molar-refractivity contribution in [1.29, 1.82) is 0 Å². The molecule has 0 saturated carbocycles. The average Bonchev–Trinajstić information content (AvgIpc) is 2.65. The number of hydrogen-bond acceptors (Lipinski definition) is 3. The molecule has 0 unspecified atom stereocenters. The van der Waals surface area contributed by atoms with Crippen LogP contribution >= 0.6 is 0 Å². The van der Waals surface area contributed by atoms with Crippen LogP contribution in [-0.2, 0) is 5.60 Å². The van der Waals surface area contributed by atoms with E-state index < -0.39 is 11.6 Å². The van der Waals surface area contributed by atoms with Gasteiger partial charge in [0.1, 0.15) is 16.9 Å². The first kappa shape index (κ1) is 10.8. The second-order valence-electron chi connectivity index (χ2n) is 3.21. The van der Waals surface area contributed by atoms with Crippen molar-refractivity contribution in [2.45, 2.75) is 32.3 Å². The van der Waals surface area contributed by atoms with Crippen LogP contribution in [0.1, 0.15) is 42.8 Å². The van der Waals surface area contributed by atoms with Gasteiger partial charge in [0.15, 0.2) is 0 Å². The van der Waals surface area contributed by atoms with Crippen LogP contribution in [0.4, 0.5) is 0 Å². The molecular formula is C10H14O4. The van der Waals surface area contributed by atoms with E-state index in [-0.39, 0.29) is 11.3 Å². The zero-order chi connectivity index (χ0) is 10.8. The van der Waals surface area contributed by atoms with Crippen LogP contribution in [0, 0.1) is 0 Å². The Morgan fingerprint density at radius 3 is 2.50 bits per heavy atom. The van der Waals surface area contributed by atoms with E-state index in [9.17, 15) is 9.90 Å². The second-order valence-corrected chi connectivity index (χ2v) is 3.21. The quantitative estimate of drug-likeness (QED) is 0.776. The summed E-state index contributed by atoms with van der Waals surface area (Å²) < 4.78 is 5.04. The minimum Gasteiger partial charge on any atom is -0.478 e. The van der Waals surface area contributed by atoms with E-state index in [0.717, 1.165) is 0 Å². The van der Waals surface area contributed by atoms with Gasteiger partial charge < -0.3 is 14.6 Å². The highest BCUT2D eigenvalue weighted by Gasteiger charge is 2.33. The largest absolute Gasteiger partial charge is 0.478 e. The van der Waals surface area contributed by atoms with Crippen LogP contribution in [0.25, 0.3) is 0 Å². The molecule has 0 aliphatic rings. The maximum Gasteiger partial charge on any atom is 0.339 e. The second kappa shape index (κ2) is 3.84. The Morgan fingerprint density at radius 1 is 1.50 bits per heavy atom. The molecule has 0 radical (unpaired) electrons. The highest BCUT2D eigenvalue weighted by atomic mass is 16.4. The summed E-state index contributed by atoms with van der Waals surface area (Å²) in [5, 5.41) is 18.9. The van der Waals surface area contributed by atoms with Gasteiger partial charge in [-0.2, -0.15) is 0 Å². The average molecular weight is 198 g/mol. The fourth-order valence-electron chi connectivity index (χ4n) is 1.41. The summed E-state index contributed by atoms with van der Waals surface area (Å²) in [4.78, 5) is 10.8. The predicted molar refractivity (Wildman–Crippen MR) is 50.1 cm³/mol. The maximum absolute atomic E-state index is 10.8. The van der Waals surface area contributed by atoms with Crippen LogP contribution < -0.4 is 0 Å². The van der Waals surface area contributed by atoms with Gasteiger partial charge in [0.05, 0.1) is 6.26 Å². The normalized spacial score (nSPS) is 11.6. The predicted octanol–water partition coefficient (Wildman–Crippen LogP) is 1.99. The summed E-state index contributed by atoms with van der Waals surface area (Å²) in [7, 11) is 0. The molecule has 1 aromatic heterocycles. The van der Waals surface area contributed by atoms with Crippen molar-refractivity contribution in [3.63, 3.8) is 0 Å². The lowest BCUT2D eigenvalue weighted by atomic mass is 9.92. The van der Waals surface area contributed by atoms with E-state index >= 15 is 0 Å². The van der Waals surface area contributed by atoms with Crippen molar-refractivity contribution in [2.75, 3.05) is 0 Å². The van der Waals surface area contributed by atoms with E-state index in [1.165, 1.54) is 12.3 Å². The topological polar surface area (TPSA) is 70.7 Å². The number of rotatable bonds is 4. The van der Waals surface area contributed by atoms with Crippen LogP contribution in [-0.4, -0.2) is 16.2 Å². The van der Waals surface area contributed by atoms with Crippen molar-refractivity contribution in [3.05, 3.63) is 23.7 Å². The number of aliphatic hydroxyl groups is 1. The first-order chi connectivity index (χ1) is 6.55. The highest BCUT2D eigenvalue weighted by molar-refractivity contribution is 5.88. The number of carbonyl (C=O) groups is 1. The standard InChI is InChI=1S/C10H14O4/c1-3-10(13,4-2)8-7(9(11)12)5-6-14-8/h5-6,13H,3-4H2,1-2H3,(H,11,12). The van der Waals surface area contributed by atoms with E-state index in [2.05, 4.69) is 0 Å². The molecule has 0 saturated heterocycles. The monoisotopic (exact) mass is 198 g/mol. The van der Waals surface area contributed by atoms with Gasteiger partial charge in [-0.25, -0.2) is 4.79 Å². The van der Waals surface area contributed by atoms with Gasteiger partial charge in [0.25, 0.3) is 0 Å². The number of hydrogen-bond donors (Lipinski definition) is 2. The van der Waals surface area contributed by atoms with Gasteiger partial charge in [0, 0.05) is 0 Å². The van der Waals surface area contributed by atoms with Crippen molar-refractivity contribution in [3.8, 4) is 0 Å². The fraction of sp³-hybridized carbons (Fsp3) is 0.500. The molecule has 1 aromatic rings. The molecule has 14 heavy (non-hydrogen) atoms. The molecule has 0 atom stereocenters. The van der Waals surface area contributed by atoms with Crippen LogP contribution in [0.15, 0.2) is 16.7 Å². The SMILES string of the molecule is CCC(O)(CC)c1occc1C(=O)O. The third-order valence-electron chi connectivity index (χ3n) is 2.49. The van der Waals surface area contributed by atoms with E-state index in [1.807, 2.05) is 0 Å². The lowest BCUT2D eigenvalue weighted by Crippen LogP contribution is -2.25. The molecule has 0 aliphatic heterocycles. The highest BCUT2D eigenvalue weighted by Crippen LogP contribution is 2.31. The van der Waals surface area contributed by atoms with Gasteiger partial charge in [-0.15, -0.1) is 0 Å². The zero-order valence-corrected chi connectivity index (χ0v) is 8.28. The fourth-order valence-corrected chi connectivity index (χ4v) is 1.41. The van der Waals surface area contributed by atoms with E-state index in [0.29, 0.717) is 12.8 Å². The summed E-state index contributed by atoms with van der Waals surface area (Å²) in [5.41, 5.74) is -1.13. The van der Waals surface area contributed by atoms with Gasteiger partial charge in [0.2, 0.25) is 0 Å². The van der Waals surface area contributed by atoms with Gasteiger partial charge in [-0.05, 0) is 18.9 Å². The molecule has 1 rings (SSSR count). The number of carboxylic acids is 1. The lowest BCUT2D eigenvalue weighted by Gasteiger charge is -2.23. The molecule has 0 amide bonds. The Morgan fingerprint density at radius 2 is 2.07 bits per heavy atom. The number of aromatic carboxylic acids is 1. The minimum absolute atomic E-state index is 0.0381. The molecule has 2 N–H and O–H groups in total. The van der Waals surface area contributed by atoms with Crippen molar-refractivity contribution in [1.82, 2.24) is 0 Å². The summed E-state index contributed by atoms with van der Waals surface area (Å²) in [6, 6.07) is 1.36. The Kier molecular flexibility index (Phi) is 2.96. The molecule has 0 bridgehead atoms. The number of carboxylic acid groups (broad SMARTS) is 1. The number of furan rings is 1. The maximum atomic E-state index is 10.8. The van der Waals surface area contributed by atoms with Crippen LogP contribution in [0.5, 0.6) is 0 Å². The van der Waals surface area contributed by atoms with E-state index in [1.54, 1.807) is 13.8 Å². The lowest BCUT2D eigenvalue weighted by molar-refractivity contribution is 0.00502. The smallest absolute Gasteiger partial charge is 0.339 e. The van der Waals surface area contributed by atoms with Crippen molar-refractivity contribution in [2.24, 2.45) is 0 Å². The Bertz CT molecular complexity index is 323. The van der Waals surface area contributed by atoms with Crippen LogP contribution in [0.2, 0.25) is 0 Å².